The molecule has 0 saturated heterocycles. The minimum atomic E-state index is 0.201. The molecule has 2 aromatic carbocycles. The van der Waals surface area contributed by atoms with E-state index in [1.165, 1.54) is 5.56 Å². The number of aromatic nitrogens is 4. The average Bonchev–Trinajstić information content (AvgIpc) is 3.16. The molecule has 0 amide bonds. The second kappa shape index (κ2) is 7.93. The van der Waals surface area contributed by atoms with Crippen molar-refractivity contribution in [1.82, 2.24) is 19.5 Å². The Morgan fingerprint density at radius 2 is 1.59 bits per heavy atom. The normalized spacial score (nSPS) is 11.4. The Labute approximate surface area is 187 Å². The molecule has 32 heavy (non-hydrogen) atoms. The summed E-state index contributed by atoms with van der Waals surface area (Å²) < 4.78 is 1.93. The summed E-state index contributed by atoms with van der Waals surface area (Å²) in [4.78, 5) is 14.1. The highest BCUT2D eigenvalue weighted by molar-refractivity contribution is 5.93. The molecule has 3 aromatic heterocycles. The molecule has 0 unspecified atom stereocenters. The molecule has 5 rings (SSSR count). The van der Waals surface area contributed by atoms with Crippen molar-refractivity contribution in [2.75, 3.05) is 0 Å². The van der Waals surface area contributed by atoms with Gasteiger partial charge in [0.25, 0.3) is 0 Å². The van der Waals surface area contributed by atoms with E-state index in [1.54, 1.807) is 6.07 Å². The van der Waals surface area contributed by atoms with Crippen LogP contribution in [0.4, 0.5) is 0 Å². The largest absolute Gasteiger partial charge is 0.507 e. The fraction of sp³-hybridized carbons (Fsp3) is 0.148. The zero-order chi connectivity index (χ0) is 22.2. The number of benzene rings is 2. The van der Waals surface area contributed by atoms with Crippen molar-refractivity contribution in [3.63, 3.8) is 0 Å². The van der Waals surface area contributed by atoms with Gasteiger partial charge in [0.2, 0.25) is 0 Å². The molecule has 0 bridgehead atoms. The maximum absolute atomic E-state index is 10.4. The van der Waals surface area contributed by atoms with Crippen molar-refractivity contribution < 1.29 is 5.11 Å². The van der Waals surface area contributed by atoms with Crippen LogP contribution in [0.25, 0.3) is 44.9 Å². The first-order valence-electron chi connectivity index (χ1n) is 10.7. The highest BCUT2D eigenvalue weighted by Gasteiger charge is 2.18. The first-order chi connectivity index (χ1) is 15.5. The zero-order valence-corrected chi connectivity index (χ0v) is 18.3. The van der Waals surface area contributed by atoms with Crippen molar-refractivity contribution >= 4 is 11.2 Å². The Morgan fingerprint density at radius 3 is 2.34 bits per heavy atom. The summed E-state index contributed by atoms with van der Waals surface area (Å²) in [5, 5.41) is 10.4. The van der Waals surface area contributed by atoms with Gasteiger partial charge in [0.15, 0.2) is 5.65 Å². The number of aryl methyl sites for hydroxylation is 1. The molecule has 5 heteroatoms. The minimum Gasteiger partial charge on any atom is -0.507 e. The van der Waals surface area contributed by atoms with Gasteiger partial charge in [-0.05, 0) is 59.5 Å². The smallest absolute Gasteiger partial charge is 0.160 e. The molecule has 0 saturated carbocycles. The van der Waals surface area contributed by atoms with Gasteiger partial charge in [-0.15, -0.1) is 0 Å². The van der Waals surface area contributed by atoms with Gasteiger partial charge in [-0.3, -0.25) is 4.98 Å². The van der Waals surface area contributed by atoms with Gasteiger partial charge < -0.3 is 9.67 Å². The van der Waals surface area contributed by atoms with E-state index < -0.39 is 0 Å². The number of phenols is 1. The number of pyridine rings is 2. The van der Waals surface area contributed by atoms with Crippen LogP contribution in [0.5, 0.6) is 5.75 Å². The van der Waals surface area contributed by atoms with E-state index in [-0.39, 0.29) is 5.75 Å². The van der Waals surface area contributed by atoms with Crippen molar-refractivity contribution in [2.24, 2.45) is 7.05 Å². The molecule has 5 aromatic rings. The predicted molar refractivity (Wildman–Crippen MR) is 128 cm³/mol. The standard InChI is InChI=1S/C27H24N4O/c1-17(2)18-14-19(16-20(15-18)23-9-6-7-12-28-23)21-11-13-29-27-25(21)30-26(31(27)3)22-8-4-5-10-24(22)32/h4-17,32H,1-3H3. The summed E-state index contributed by atoms with van der Waals surface area (Å²) in [6.45, 7) is 4.39. The van der Waals surface area contributed by atoms with Crippen LogP contribution in [-0.4, -0.2) is 24.6 Å². The molecule has 0 aliphatic carbocycles. The highest BCUT2D eigenvalue weighted by atomic mass is 16.3. The van der Waals surface area contributed by atoms with Crippen molar-refractivity contribution in [3.05, 3.63) is 84.7 Å². The molecule has 0 spiro atoms. The molecule has 0 fully saturated rings. The number of rotatable bonds is 4. The third-order valence-electron chi connectivity index (χ3n) is 5.80. The monoisotopic (exact) mass is 420 g/mol. The molecule has 0 atom stereocenters. The Hall–Kier alpha value is -3.99. The number of para-hydroxylation sites is 1. The molecule has 1 N–H and O–H groups in total. The number of fused-ring (bicyclic) bond motifs is 1. The van der Waals surface area contributed by atoms with E-state index in [2.05, 4.69) is 42.0 Å². The fourth-order valence-electron chi connectivity index (χ4n) is 4.04. The molecular formula is C27H24N4O. The van der Waals surface area contributed by atoms with Crippen LogP contribution in [0.3, 0.4) is 0 Å². The molecule has 158 valence electrons. The second-order valence-corrected chi connectivity index (χ2v) is 8.26. The van der Waals surface area contributed by atoms with Gasteiger partial charge in [-0.25, -0.2) is 9.97 Å². The lowest BCUT2D eigenvalue weighted by Gasteiger charge is -2.13. The Kier molecular flexibility index (Phi) is 4.94. The van der Waals surface area contributed by atoms with Crippen LogP contribution in [-0.2, 0) is 7.05 Å². The lowest BCUT2D eigenvalue weighted by atomic mass is 9.93. The number of hydrogen-bond donors (Lipinski definition) is 1. The number of phenolic OH excluding ortho intramolecular Hbond substituents is 1. The topological polar surface area (TPSA) is 63.8 Å². The second-order valence-electron chi connectivity index (χ2n) is 8.26. The number of nitrogens with zero attached hydrogens (tertiary/aromatic N) is 4. The van der Waals surface area contributed by atoms with Gasteiger partial charge in [0.1, 0.15) is 17.1 Å². The summed E-state index contributed by atoms with van der Waals surface area (Å²) in [6.07, 6.45) is 3.63. The van der Waals surface area contributed by atoms with Crippen LogP contribution in [0, 0.1) is 0 Å². The van der Waals surface area contributed by atoms with E-state index in [0.717, 1.165) is 33.5 Å². The lowest BCUT2D eigenvalue weighted by molar-refractivity contribution is 0.476. The maximum atomic E-state index is 10.4. The van der Waals surface area contributed by atoms with Gasteiger partial charge in [-0.2, -0.15) is 0 Å². The first-order valence-corrected chi connectivity index (χ1v) is 10.7. The molecule has 5 nitrogen and oxygen atoms in total. The average molecular weight is 421 g/mol. The Morgan fingerprint density at radius 1 is 0.812 bits per heavy atom. The quantitative estimate of drug-likeness (QED) is 0.376. The van der Waals surface area contributed by atoms with Crippen molar-refractivity contribution in [1.29, 1.82) is 0 Å². The van der Waals surface area contributed by atoms with Crippen LogP contribution in [0.15, 0.2) is 79.1 Å². The lowest BCUT2D eigenvalue weighted by Crippen LogP contribution is -1.94. The van der Waals surface area contributed by atoms with E-state index >= 15 is 0 Å². The van der Waals surface area contributed by atoms with E-state index in [4.69, 9.17) is 4.98 Å². The van der Waals surface area contributed by atoms with Crippen LogP contribution in [0.2, 0.25) is 0 Å². The molecule has 0 aliphatic rings. The third-order valence-corrected chi connectivity index (χ3v) is 5.80. The summed E-state index contributed by atoms with van der Waals surface area (Å²) in [6, 6.07) is 21.8. The van der Waals surface area contributed by atoms with Crippen LogP contribution < -0.4 is 0 Å². The predicted octanol–water partition coefficient (Wildman–Crippen LogP) is 6.19. The highest BCUT2D eigenvalue weighted by Crippen LogP contribution is 2.36. The van der Waals surface area contributed by atoms with Gasteiger partial charge in [0.05, 0.1) is 11.3 Å². The zero-order valence-electron chi connectivity index (χ0n) is 18.3. The van der Waals surface area contributed by atoms with Gasteiger partial charge in [0, 0.05) is 30.6 Å². The summed E-state index contributed by atoms with van der Waals surface area (Å²) in [5.41, 5.74) is 7.61. The maximum Gasteiger partial charge on any atom is 0.160 e. The van der Waals surface area contributed by atoms with E-state index in [1.807, 2.05) is 66.5 Å². The number of imidazole rings is 1. The van der Waals surface area contributed by atoms with E-state index in [0.29, 0.717) is 17.3 Å². The summed E-state index contributed by atoms with van der Waals surface area (Å²) in [7, 11) is 1.93. The SMILES string of the molecule is CC(C)c1cc(-c2ccccn2)cc(-c2ccnc3c2nc(-c2ccccc2O)n3C)c1. The van der Waals surface area contributed by atoms with Crippen molar-refractivity contribution in [3.8, 4) is 39.5 Å². The number of hydrogen-bond acceptors (Lipinski definition) is 4. The van der Waals surface area contributed by atoms with Crippen LogP contribution >= 0.6 is 0 Å². The molecular weight excluding hydrogens is 396 g/mol. The molecule has 0 aliphatic heterocycles. The molecule has 3 heterocycles. The minimum absolute atomic E-state index is 0.201. The van der Waals surface area contributed by atoms with Gasteiger partial charge in [-0.1, -0.05) is 38.1 Å². The fourth-order valence-corrected chi connectivity index (χ4v) is 4.04. The Bertz CT molecular complexity index is 1420. The van der Waals surface area contributed by atoms with Crippen molar-refractivity contribution in [2.45, 2.75) is 19.8 Å². The third kappa shape index (κ3) is 3.42. The number of aromatic hydroxyl groups is 1. The molecule has 0 radical (unpaired) electrons. The van der Waals surface area contributed by atoms with E-state index in [9.17, 15) is 5.11 Å². The first kappa shape index (κ1) is 19.9. The summed E-state index contributed by atoms with van der Waals surface area (Å²) >= 11 is 0. The summed E-state index contributed by atoms with van der Waals surface area (Å²) in [5.74, 6) is 1.25. The Balaban J connectivity index is 1.74. The van der Waals surface area contributed by atoms with Gasteiger partial charge >= 0.3 is 0 Å². The van der Waals surface area contributed by atoms with Crippen LogP contribution in [0.1, 0.15) is 25.3 Å².